The van der Waals surface area contributed by atoms with Gasteiger partial charge >= 0.3 is 0 Å². The summed E-state index contributed by atoms with van der Waals surface area (Å²) in [6.07, 6.45) is 1.98. The Morgan fingerprint density at radius 1 is 1.29 bits per heavy atom. The molecule has 1 aromatic heterocycles. The number of hydrogen-bond donors (Lipinski definition) is 2. The number of oxazole rings is 1. The Morgan fingerprint density at radius 2 is 2.00 bits per heavy atom. The molecule has 24 heavy (non-hydrogen) atoms. The zero-order valence-corrected chi connectivity index (χ0v) is 14.4. The van der Waals surface area contributed by atoms with Crippen LogP contribution in [-0.2, 0) is 6.42 Å². The molecule has 0 aliphatic carbocycles. The largest absolute Gasteiger partial charge is 0.446 e. The van der Waals surface area contributed by atoms with Crippen LogP contribution in [0.2, 0.25) is 0 Å². The maximum atomic E-state index is 12.1. The lowest BCUT2D eigenvalue weighted by Gasteiger charge is -2.17. The molecule has 1 amide bonds. The molecule has 0 spiro atoms. The molecule has 0 bridgehead atoms. The molecule has 0 aliphatic rings. The van der Waals surface area contributed by atoms with E-state index in [-0.39, 0.29) is 17.6 Å². The van der Waals surface area contributed by atoms with Crippen molar-refractivity contribution in [2.45, 2.75) is 26.3 Å². The van der Waals surface area contributed by atoms with Gasteiger partial charge in [-0.25, -0.2) is 4.98 Å². The topological polar surface area (TPSA) is 84.4 Å². The Bertz CT molecular complexity index is 623. The van der Waals surface area contributed by atoms with Crippen molar-refractivity contribution in [2.75, 3.05) is 26.2 Å². The molecule has 1 aromatic carbocycles. The molecular weight excluding hydrogens is 304 g/mol. The number of nitrogens with two attached hydrogens (primary N) is 1. The third-order valence-electron chi connectivity index (χ3n) is 3.98. The third-order valence-corrected chi connectivity index (χ3v) is 3.98. The van der Waals surface area contributed by atoms with E-state index >= 15 is 0 Å². The first-order valence-corrected chi connectivity index (χ1v) is 8.39. The molecule has 1 heterocycles. The molecule has 1 atom stereocenters. The smallest absolute Gasteiger partial charge is 0.273 e. The highest BCUT2D eigenvalue weighted by Crippen LogP contribution is 2.15. The van der Waals surface area contributed by atoms with Crippen LogP contribution in [0.4, 0.5) is 0 Å². The van der Waals surface area contributed by atoms with Crippen LogP contribution < -0.4 is 11.1 Å². The van der Waals surface area contributed by atoms with Gasteiger partial charge in [0.25, 0.3) is 5.91 Å². The van der Waals surface area contributed by atoms with Crippen LogP contribution >= 0.6 is 0 Å². The van der Waals surface area contributed by atoms with Gasteiger partial charge in [-0.3, -0.25) is 4.79 Å². The number of nitrogens with zero attached hydrogens (tertiary/aromatic N) is 2. The Hall–Kier alpha value is -2.18. The molecule has 6 nitrogen and oxygen atoms in total. The maximum Gasteiger partial charge on any atom is 0.273 e. The molecule has 6 heteroatoms. The van der Waals surface area contributed by atoms with Crippen LogP contribution in [-0.4, -0.2) is 42.0 Å². The van der Waals surface area contributed by atoms with Gasteiger partial charge in [0.05, 0.1) is 6.04 Å². The highest BCUT2D eigenvalue weighted by molar-refractivity contribution is 5.91. The van der Waals surface area contributed by atoms with E-state index in [4.69, 9.17) is 10.2 Å². The van der Waals surface area contributed by atoms with Crippen molar-refractivity contribution in [2.24, 2.45) is 5.73 Å². The molecule has 0 aliphatic heterocycles. The minimum absolute atomic E-state index is 0.232. The van der Waals surface area contributed by atoms with E-state index in [9.17, 15) is 4.79 Å². The van der Waals surface area contributed by atoms with E-state index in [0.29, 0.717) is 18.9 Å². The number of nitrogens with one attached hydrogen (secondary N) is 1. The van der Waals surface area contributed by atoms with Gasteiger partial charge in [-0.1, -0.05) is 44.2 Å². The molecule has 130 valence electrons. The third kappa shape index (κ3) is 5.18. The number of hydrogen-bond acceptors (Lipinski definition) is 5. The Labute approximate surface area is 143 Å². The van der Waals surface area contributed by atoms with E-state index in [2.05, 4.69) is 29.0 Å². The number of carbonyl (C=O) groups excluding carboxylic acids is 1. The minimum atomic E-state index is -0.371. The summed E-state index contributed by atoms with van der Waals surface area (Å²) in [5.74, 6) is 0.150. The summed E-state index contributed by atoms with van der Waals surface area (Å²) in [5, 5.41) is 2.86. The first-order chi connectivity index (χ1) is 11.6. The molecule has 0 saturated carbocycles. The second-order valence-electron chi connectivity index (χ2n) is 5.65. The number of benzene rings is 1. The number of carbonyl (C=O) groups is 1. The van der Waals surface area contributed by atoms with Crippen LogP contribution in [0.25, 0.3) is 0 Å². The lowest BCUT2D eigenvalue weighted by molar-refractivity contribution is 0.0944. The SMILES string of the molecule is CCN(CC)CCNC(=O)c1coc(C(N)Cc2ccccc2)n1. The first-order valence-electron chi connectivity index (χ1n) is 8.39. The number of aromatic nitrogens is 1. The molecule has 0 radical (unpaired) electrons. The van der Waals surface area contributed by atoms with Crippen molar-refractivity contribution >= 4 is 5.91 Å². The zero-order chi connectivity index (χ0) is 17.4. The van der Waals surface area contributed by atoms with E-state index < -0.39 is 0 Å². The highest BCUT2D eigenvalue weighted by atomic mass is 16.3. The molecular formula is C18H26N4O2. The van der Waals surface area contributed by atoms with Crippen molar-refractivity contribution in [1.82, 2.24) is 15.2 Å². The van der Waals surface area contributed by atoms with Crippen molar-refractivity contribution < 1.29 is 9.21 Å². The van der Waals surface area contributed by atoms with Gasteiger partial charge in [0, 0.05) is 13.1 Å². The lowest BCUT2D eigenvalue weighted by atomic mass is 10.1. The standard InChI is InChI=1S/C18H26N4O2/c1-3-22(4-2)11-10-20-17(23)16-13-24-18(21-16)15(19)12-14-8-6-5-7-9-14/h5-9,13,15H,3-4,10-12,19H2,1-2H3,(H,20,23). The van der Waals surface area contributed by atoms with Gasteiger partial charge in [-0.05, 0) is 25.1 Å². The normalized spacial score (nSPS) is 12.3. The van der Waals surface area contributed by atoms with Crippen LogP contribution in [0.5, 0.6) is 0 Å². The summed E-state index contributed by atoms with van der Waals surface area (Å²) in [6, 6.07) is 9.52. The monoisotopic (exact) mass is 330 g/mol. The zero-order valence-electron chi connectivity index (χ0n) is 14.4. The maximum absolute atomic E-state index is 12.1. The van der Waals surface area contributed by atoms with E-state index in [1.807, 2.05) is 30.3 Å². The average Bonchev–Trinajstić information content (AvgIpc) is 3.10. The second kappa shape index (κ2) is 9.20. The van der Waals surface area contributed by atoms with Gasteiger partial charge in [0.2, 0.25) is 5.89 Å². The fraction of sp³-hybridized carbons (Fsp3) is 0.444. The van der Waals surface area contributed by atoms with Crippen molar-refractivity contribution in [3.63, 3.8) is 0 Å². The average molecular weight is 330 g/mol. The molecule has 0 saturated heterocycles. The number of amides is 1. The van der Waals surface area contributed by atoms with Crippen LogP contribution in [0.3, 0.4) is 0 Å². The molecule has 0 fully saturated rings. The minimum Gasteiger partial charge on any atom is -0.446 e. The Balaban J connectivity index is 1.86. The Kier molecular flexibility index (Phi) is 6.96. The van der Waals surface area contributed by atoms with Gasteiger partial charge < -0.3 is 20.4 Å². The summed E-state index contributed by atoms with van der Waals surface area (Å²) >= 11 is 0. The van der Waals surface area contributed by atoms with E-state index in [1.165, 1.54) is 6.26 Å². The summed E-state index contributed by atoms with van der Waals surface area (Å²) in [7, 11) is 0. The van der Waals surface area contributed by atoms with Gasteiger partial charge in [0.1, 0.15) is 6.26 Å². The molecule has 2 rings (SSSR count). The fourth-order valence-electron chi connectivity index (χ4n) is 2.48. The fourth-order valence-corrected chi connectivity index (χ4v) is 2.48. The van der Waals surface area contributed by atoms with Crippen molar-refractivity contribution in [1.29, 1.82) is 0 Å². The predicted molar refractivity (Wildman–Crippen MR) is 93.7 cm³/mol. The molecule has 3 N–H and O–H groups in total. The number of rotatable bonds is 9. The highest BCUT2D eigenvalue weighted by Gasteiger charge is 2.17. The summed E-state index contributed by atoms with van der Waals surface area (Å²) in [6.45, 7) is 7.53. The summed E-state index contributed by atoms with van der Waals surface area (Å²) in [5.41, 5.74) is 7.50. The first kappa shape index (κ1) is 18.2. The van der Waals surface area contributed by atoms with Crippen LogP contribution in [0, 0.1) is 0 Å². The summed E-state index contributed by atoms with van der Waals surface area (Å²) in [4.78, 5) is 18.6. The molecule has 2 aromatic rings. The van der Waals surface area contributed by atoms with Gasteiger partial charge in [-0.15, -0.1) is 0 Å². The molecule has 1 unspecified atom stereocenters. The van der Waals surface area contributed by atoms with Gasteiger partial charge in [-0.2, -0.15) is 0 Å². The second-order valence-corrected chi connectivity index (χ2v) is 5.65. The van der Waals surface area contributed by atoms with Crippen LogP contribution in [0.1, 0.15) is 41.8 Å². The lowest BCUT2D eigenvalue weighted by Crippen LogP contribution is -2.34. The Morgan fingerprint density at radius 3 is 2.67 bits per heavy atom. The van der Waals surface area contributed by atoms with E-state index in [0.717, 1.165) is 25.2 Å². The van der Waals surface area contributed by atoms with Crippen molar-refractivity contribution in [3.05, 3.63) is 53.7 Å². The predicted octanol–water partition coefficient (Wildman–Crippen LogP) is 1.99. The van der Waals surface area contributed by atoms with E-state index in [1.54, 1.807) is 0 Å². The number of likely N-dealkylation sites (N-methyl/N-ethyl adjacent to an activating group) is 1. The van der Waals surface area contributed by atoms with Crippen molar-refractivity contribution in [3.8, 4) is 0 Å². The van der Waals surface area contributed by atoms with Crippen LogP contribution in [0.15, 0.2) is 41.0 Å². The van der Waals surface area contributed by atoms with Gasteiger partial charge in [0.15, 0.2) is 5.69 Å². The summed E-state index contributed by atoms with van der Waals surface area (Å²) < 4.78 is 5.38. The quantitative estimate of drug-likeness (QED) is 0.734.